The van der Waals surface area contributed by atoms with E-state index in [1.807, 2.05) is 29.8 Å². The van der Waals surface area contributed by atoms with Gasteiger partial charge in [-0.15, -0.1) is 11.3 Å². The van der Waals surface area contributed by atoms with Crippen LogP contribution in [0, 0.1) is 0 Å². The standard InChI is InChI=1S/C42H29NS/c1-42(2)36-23-27(20-21-35(36)41-37(42)24-38(44-41)28-13-10-22-43-25-28)39-31-15-5-7-17-33(31)40(34-18-8-6-16-32(34)39)30-19-9-12-26-11-3-4-14-29(26)30/h3-25H,1-2H3. The van der Waals surface area contributed by atoms with E-state index in [4.69, 9.17) is 0 Å². The summed E-state index contributed by atoms with van der Waals surface area (Å²) in [7, 11) is 0. The quantitative estimate of drug-likeness (QED) is 0.190. The minimum absolute atomic E-state index is 0.0911. The van der Waals surface area contributed by atoms with E-state index in [9.17, 15) is 0 Å². The number of aromatic nitrogens is 1. The SMILES string of the molecule is CC1(C)c2cc(-c3c4ccccc4c(-c4cccc5ccccc45)c4ccccc34)ccc2-c2sc(-c3cccnc3)cc21. The number of hydrogen-bond donors (Lipinski definition) is 0. The first kappa shape index (κ1) is 25.4. The number of nitrogens with zero attached hydrogens (tertiary/aromatic N) is 1. The Hall–Kier alpha value is -5.05. The van der Waals surface area contributed by atoms with Crippen molar-refractivity contribution in [1.82, 2.24) is 4.98 Å². The van der Waals surface area contributed by atoms with E-state index < -0.39 is 0 Å². The molecule has 0 saturated carbocycles. The predicted molar refractivity (Wildman–Crippen MR) is 189 cm³/mol. The molecule has 2 heteroatoms. The first-order valence-corrected chi connectivity index (χ1v) is 16.0. The fraction of sp³-hybridized carbons (Fsp3) is 0.0714. The number of fused-ring (bicyclic) bond motifs is 6. The predicted octanol–water partition coefficient (Wildman–Crippen LogP) is 11.9. The lowest BCUT2D eigenvalue weighted by Gasteiger charge is -2.23. The molecule has 1 nitrogen and oxygen atoms in total. The number of pyridine rings is 1. The van der Waals surface area contributed by atoms with E-state index in [0.717, 1.165) is 0 Å². The van der Waals surface area contributed by atoms with Crippen molar-refractivity contribution in [2.24, 2.45) is 0 Å². The second-order valence-electron chi connectivity index (χ2n) is 12.3. The Morgan fingerprint density at radius 3 is 1.89 bits per heavy atom. The van der Waals surface area contributed by atoms with Crippen LogP contribution in [-0.4, -0.2) is 4.98 Å². The minimum Gasteiger partial charge on any atom is -0.264 e. The molecule has 0 radical (unpaired) electrons. The summed E-state index contributed by atoms with van der Waals surface area (Å²) < 4.78 is 0. The van der Waals surface area contributed by atoms with Gasteiger partial charge in [-0.3, -0.25) is 4.98 Å². The molecule has 2 heterocycles. The van der Waals surface area contributed by atoms with E-state index in [0.29, 0.717) is 0 Å². The van der Waals surface area contributed by atoms with Gasteiger partial charge < -0.3 is 0 Å². The highest BCUT2D eigenvalue weighted by molar-refractivity contribution is 7.19. The van der Waals surface area contributed by atoms with Gasteiger partial charge in [0.1, 0.15) is 0 Å². The molecular formula is C42H29NS. The summed E-state index contributed by atoms with van der Waals surface area (Å²) >= 11 is 1.89. The van der Waals surface area contributed by atoms with Gasteiger partial charge in [-0.05, 0) is 89.5 Å². The number of benzene rings is 6. The Balaban J connectivity index is 1.29. The molecule has 1 aliphatic carbocycles. The summed E-state index contributed by atoms with van der Waals surface area (Å²) in [5.41, 5.74) is 10.4. The van der Waals surface area contributed by atoms with Crippen molar-refractivity contribution in [2.75, 3.05) is 0 Å². The second-order valence-corrected chi connectivity index (χ2v) is 13.4. The summed E-state index contributed by atoms with van der Waals surface area (Å²) in [6.45, 7) is 4.75. The molecule has 0 N–H and O–H groups in total. The van der Waals surface area contributed by atoms with Crippen molar-refractivity contribution in [2.45, 2.75) is 19.3 Å². The Kier molecular flexibility index (Phi) is 5.48. The van der Waals surface area contributed by atoms with Crippen LogP contribution in [0.25, 0.3) is 75.5 Å². The third-order valence-corrected chi connectivity index (χ3v) is 10.8. The maximum absolute atomic E-state index is 4.37. The van der Waals surface area contributed by atoms with Crippen molar-refractivity contribution >= 4 is 43.7 Å². The molecule has 0 atom stereocenters. The lowest BCUT2D eigenvalue weighted by Crippen LogP contribution is -2.14. The van der Waals surface area contributed by atoms with Crippen molar-refractivity contribution in [3.05, 3.63) is 151 Å². The lowest BCUT2D eigenvalue weighted by molar-refractivity contribution is 0.662. The van der Waals surface area contributed by atoms with Crippen molar-refractivity contribution in [3.8, 4) is 43.1 Å². The molecule has 0 aliphatic heterocycles. The van der Waals surface area contributed by atoms with Gasteiger partial charge in [-0.2, -0.15) is 0 Å². The fourth-order valence-corrected chi connectivity index (χ4v) is 8.79. The molecule has 0 bridgehead atoms. The van der Waals surface area contributed by atoms with Crippen LogP contribution in [0.1, 0.15) is 25.0 Å². The number of thiophene rings is 1. The smallest absolute Gasteiger partial charge is 0.0393 e. The van der Waals surface area contributed by atoms with Gasteiger partial charge >= 0.3 is 0 Å². The third-order valence-electron chi connectivity index (χ3n) is 9.57. The molecule has 208 valence electrons. The summed E-state index contributed by atoms with van der Waals surface area (Å²) in [5.74, 6) is 0. The molecule has 0 spiro atoms. The number of hydrogen-bond acceptors (Lipinski definition) is 2. The van der Waals surface area contributed by atoms with Crippen molar-refractivity contribution < 1.29 is 0 Å². The first-order chi connectivity index (χ1) is 21.6. The molecule has 9 rings (SSSR count). The van der Waals surface area contributed by atoms with Gasteiger partial charge in [0, 0.05) is 33.1 Å². The average molecular weight is 580 g/mol. The molecule has 1 aliphatic rings. The van der Waals surface area contributed by atoms with Gasteiger partial charge in [-0.1, -0.05) is 123 Å². The van der Waals surface area contributed by atoms with Crippen LogP contribution >= 0.6 is 11.3 Å². The summed E-state index contributed by atoms with van der Waals surface area (Å²) in [6, 6.07) is 47.1. The highest BCUT2D eigenvalue weighted by atomic mass is 32.1. The maximum Gasteiger partial charge on any atom is 0.0393 e. The molecule has 0 fully saturated rings. The Morgan fingerprint density at radius 1 is 0.523 bits per heavy atom. The molecule has 6 aromatic carbocycles. The van der Waals surface area contributed by atoms with Gasteiger partial charge in [0.15, 0.2) is 0 Å². The zero-order valence-electron chi connectivity index (χ0n) is 24.6. The number of rotatable bonds is 3. The van der Waals surface area contributed by atoms with Crippen LogP contribution in [0.5, 0.6) is 0 Å². The lowest BCUT2D eigenvalue weighted by atomic mass is 9.80. The third kappa shape index (κ3) is 3.61. The van der Waals surface area contributed by atoms with E-state index in [-0.39, 0.29) is 5.41 Å². The van der Waals surface area contributed by atoms with Gasteiger partial charge in [0.25, 0.3) is 0 Å². The molecule has 0 saturated heterocycles. The minimum atomic E-state index is -0.0911. The van der Waals surface area contributed by atoms with Crippen LogP contribution < -0.4 is 0 Å². The van der Waals surface area contributed by atoms with E-state index in [1.165, 1.54) is 86.6 Å². The van der Waals surface area contributed by atoms with Crippen LogP contribution in [0.15, 0.2) is 140 Å². The highest BCUT2D eigenvalue weighted by Gasteiger charge is 2.38. The molecule has 8 aromatic rings. The zero-order chi connectivity index (χ0) is 29.4. The maximum atomic E-state index is 4.37. The van der Waals surface area contributed by atoms with E-state index in [2.05, 4.69) is 140 Å². The first-order valence-electron chi connectivity index (χ1n) is 15.2. The Bertz CT molecular complexity index is 2350. The average Bonchev–Trinajstić information content (AvgIpc) is 3.61. The summed E-state index contributed by atoms with van der Waals surface area (Å²) in [6.07, 6.45) is 3.81. The van der Waals surface area contributed by atoms with Crippen LogP contribution in [-0.2, 0) is 5.41 Å². The summed E-state index contributed by atoms with van der Waals surface area (Å²) in [4.78, 5) is 7.04. The van der Waals surface area contributed by atoms with Crippen molar-refractivity contribution in [3.63, 3.8) is 0 Å². The van der Waals surface area contributed by atoms with E-state index >= 15 is 0 Å². The zero-order valence-corrected chi connectivity index (χ0v) is 25.5. The van der Waals surface area contributed by atoms with Crippen LogP contribution in [0.3, 0.4) is 0 Å². The van der Waals surface area contributed by atoms with Gasteiger partial charge in [-0.25, -0.2) is 0 Å². The van der Waals surface area contributed by atoms with Crippen molar-refractivity contribution in [1.29, 1.82) is 0 Å². The van der Waals surface area contributed by atoms with Gasteiger partial charge in [0.2, 0.25) is 0 Å². The molecular weight excluding hydrogens is 551 g/mol. The van der Waals surface area contributed by atoms with E-state index in [1.54, 1.807) is 0 Å². The monoisotopic (exact) mass is 579 g/mol. The molecule has 44 heavy (non-hydrogen) atoms. The topological polar surface area (TPSA) is 12.9 Å². The largest absolute Gasteiger partial charge is 0.264 e. The normalized spacial score (nSPS) is 13.4. The highest BCUT2D eigenvalue weighted by Crippen LogP contribution is 2.55. The molecule has 2 aromatic heterocycles. The van der Waals surface area contributed by atoms with Crippen LogP contribution in [0.4, 0.5) is 0 Å². The summed E-state index contributed by atoms with van der Waals surface area (Å²) in [5, 5.41) is 7.71. The Morgan fingerprint density at radius 2 is 1.18 bits per heavy atom. The molecule has 0 unspecified atom stereocenters. The Labute approximate surface area is 261 Å². The fourth-order valence-electron chi connectivity index (χ4n) is 7.44. The molecule has 0 amide bonds. The van der Waals surface area contributed by atoms with Crippen LogP contribution in [0.2, 0.25) is 0 Å². The van der Waals surface area contributed by atoms with Gasteiger partial charge in [0.05, 0.1) is 0 Å². The second kappa shape index (κ2) is 9.47.